The molecule has 0 radical (unpaired) electrons. The average molecular weight is 561 g/mol. The fourth-order valence-electron chi connectivity index (χ4n) is 5.91. The van der Waals surface area contributed by atoms with Crippen molar-refractivity contribution in [2.24, 2.45) is 11.0 Å². The predicted molar refractivity (Wildman–Crippen MR) is 156 cm³/mol. The van der Waals surface area contributed by atoms with Crippen molar-refractivity contribution in [3.63, 3.8) is 0 Å². The molecule has 5 rings (SSSR count). The van der Waals surface area contributed by atoms with Crippen LogP contribution in [0.1, 0.15) is 46.4 Å². The van der Waals surface area contributed by atoms with Gasteiger partial charge in [-0.1, -0.05) is 6.07 Å². The van der Waals surface area contributed by atoms with Gasteiger partial charge in [-0.3, -0.25) is 14.5 Å². The fourth-order valence-corrected chi connectivity index (χ4v) is 5.91. The van der Waals surface area contributed by atoms with Crippen LogP contribution in [0.5, 0.6) is 23.0 Å². The number of fused-ring (bicyclic) bond motifs is 4. The lowest BCUT2D eigenvalue weighted by atomic mass is 9.83. The van der Waals surface area contributed by atoms with Crippen molar-refractivity contribution in [2.45, 2.75) is 32.4 Å². The van der Waals surface area contributed by atoms with Gasteiger partial charge in [0.15, 0.2) is 11.5 Å². The molecule has 2 aliphatic heterocycles. The maximum Gasteiger partial charge on any atom is 0.271 e. The molecule has 1 aromatic heterocycles. The Kier molecular flexibility index (Phi) is 8.58. The Balaban J connectivity index is 1.30. The third kappa shape index (κ3) is 6.07. The van der Waals surface area contributed by atoms with Gasteiger partial charge in [0.05, 0.1) is 34.2 Å². The number of amides is 1. The summed E-state index contributed by atoms with van der Waals surface area (Å²) in [7, 11) is 4.50. The Labute approximate surface area is 239 Å². The largest absolute Gasteiger partial charge is 0.494 e. The molecule has 1 saturated heterocycles. The standard InChI is InChI=1S/C31H36N4O6/c1-5-41-26-10-9-20(15-32-33-31(37)22-13-27(38-2)30(40-4)28(14-22)39-3)11-24(26)19-34-16-21-12-23(18-34)25-7-6-8-29(36)35(25)17-21/h6-11,13-15,21,23H,5,12,16-19H2,1-4H3,(H,33,37)/b32-15-/t21-,23+/m1/s1. The summed E-state index contributed by atoms with van der Waals surface area (Å²) in [5.74, 6) is 2.37. The highest BCUT2D eigenvalue weighted by molar-refractivity contribution is 5.96. The number of aromatic nitrogens is 1. The number of benzene rings is 2. The number of rotatable bonds is 10. The predicted octanol–water partition coefficient (Wildman–Crippen LogP) is 3.66. The van der Waals surface area contributed by atoms with Gasteiger partial charge in [0.1, 0.15) is 5.75 Å². The van der Waals surface area contributed by atoms with Crippen LogP contribution in [0.4, 0.5) is 0 Å². The minimum absolute atomic E-state index is 0.0913. The SMILES string of the molecule is CCOc1ccc(/C=N\NC(=O)c2cc(OC)c(OC)c(OC)c2)cc1CN1C[C@H]2C[C@@H](C1)c1cccc(=O)n1C2. The number of nitrogens with one attached hydrogen (secondary N) is 1. The molecule has 1 amide bonds. The topological polar surface area (TPSA) is 104 Å². The normalized spacial score (nSPS) is 18.0. The molecule has 216 valence electrons. The molecular weight excluding hydrogens is 524 g/mol. The Hall–Kier alpha value is -4.31. The molecule has 2 atom stereocenters. The number of pyridine rings is 1. The van der Waals surface area contributed by atoms with E-state index in [-0.39, 0.29) is 5.56 Å². The van der Waals surface area contributed by atoms with E-state index in [1.807, 2.05) is 35.8 Å². The van der Waals surface area contributed by atoms with E-state index in [1.165, 1.54) is 21.3 Å². The highest BCUT2D eigenvalue weighted by atomic mass is 16.5. The highest BCUT2D eigenvalue weighted by Crippen LogP contribution is 2.38. The molecule has 10 heteroatoms. The molecule has 1 N–H and O–H groups in total. The lowest BCUT2D eigenvalue weighted by Crippen LogP contribution is -2.46. The smallest absolute Gasteiger partial charge is 0.271 e. The summed E-state index contributed by atoms with van der Waals surface area (Å²) in [6.07, 6.45) is 2.72. The summed E-state index contributed by atoms with van der Waals surface area (Å²) in [5, 5.41) is 4.19. The third-order valence-electron chi connectivity index (χ3n) is 7.64. The summed E-state index contributed by atoms with van der Waals surface area (Å²) in [5.41, 5.74) is 6.01. The second-order valence-electron chi connectivity index (χ2n) is 10.3. The van der Waals surface area contributed by atoms with Crippen molar-refractivity contribution in [1.82, 2.24) is 14.9 Å². The summed E-state index contributed by atoms with van der Waals surface area (Å²) in [4.78, 5) is 27.7. The first-order valence-corrected chi connectivity index (χ1v) is 13.7. The summed E-state index contributed by atoms with van der Waals surface area (Å²) >= 11 is 0. The Bertz CT molecular complexity index is 1480. The van der Waals surface area contributed by atoms with E-state index in [0.29, 0.717) is 41.3 Å². The second-order valence-corrected chi connectivity index (χ2v) is 10.3. The van der Waals surface area contributed by atoms with E-state index in [2.05, 4.69) is 21.5 Å². The molecule has 2 aromatic carbocycles. The van der Waals surface area contributed by atoms with Gasteiger partial charge in [0, 0.05) is 55.0 Å². The van der Waals surface area contributed by atoms with E-state index in [4.69, 9.17) is 18.9 Å². The van der Waals surface area contributed by atoms with Gasteiger partial charge in [0.25, 0.3) is 11.5 Å². The lowest BCUT2D eigenvalue weighted by Gasteiger charge is -2.43. The van der Waals surface area contributed by atoms with Gasteiger partial charge in [0.2, 0.25) is 5.75 Å². The van der Waals surface area contributed by atoms with Crippen LogP contribution in [0.25, 0.3) is 0 Å². The number of piperidine rings is 1. The molecular formula is C31H36N4O6. The maximum atomic E-state index is 12.8. The Morgan fingerprint density at radius 1 is 1.00 bits per heavy atom. The molecule has 2 aliphatic rings. The van der Waals surface area contributed by atoms with Crippen molar-refractivity contribution in [1.29, 1.82) is 0 Å². The molecule has 3 heterocycles. The van der Waals surface area contributed by atoms with Crippen molar-refractivity contribution in [3.8, 4) is 23.0 Å². The van der Waals surface area contributed by atoms with Gasteiger partial charge in [-0.25, -0.2) is 5.43 Å². The molecule has 0 unspecified atom stereocenters. The van der Waals surface area contributed by atoms with Crippen molar-refractivity contribution >= 4 is 12.1 Å². The van der Waals surface area contributed by atoms with Crippen molar-refractivity contribution < 1.29 is 23.7 Å². The molecule has 41 heavy (non-hydrogen) atoms. The first kappa shape index (κ1) is 28.2. The van der Waals surface area contributed by atoms with Crippen LogP contribution in [0.3, 0.4) is 0 Å². The number of carbonyl (C=O) groups excluding carboxylic acids is 1. The monoisotopic (exact) mass is 560 g/mol. The molecule has 0 saturated carbocycles. The van der Waals surface area contributed by atoms with Crippen LogP contribution in [-0.4, -0.2) is 62.6 Å². The molecule has 1 fully saturated rings. The van der Waals surface area contributed by atoms with E-state index in [0.717, 1.165) is 55.2 Å². The summed E-state index contributed by atoms with van der Waals surface area (Å²) < 4.78 is 23.9. The van der Waals surface area contributed by atoms with E-state index >= 15 is 0 Å². The van der Waals surface area contributed by atoms with Gasteiger partial charge < -0.3 is 23.5 Å². The van der Waals surface area contributed by atoms with E-state index < -0.39 is 5.91 Å². The van der Waals surface area contributed by atoms with Gasteiger partial charge in [-0.05, 0) is 61.2 Å². The molecule has 10 nitrogen and oxygen atoms in total. The zero-order valence-electron chi connectivity index (χ0n) is 23.9. The Morgan fingerprint density at radius 2 is 1.78 bits per heavy atom. The van der Waals surface area contributed by atoms with E-state index in [1.54, 1.807) is 24.4 Å². The van der Waals surface area contributed by atoms with E-state index in [9.17, 15) is 9.59 Å². The highest BCUT2D eigenvalue weighted by Gasteiger charge is 2.34. The van der Waals surface area contributed by atoms with Gasteiger partial charge in [-0.2, -0.15) is 5.10 Å². The molecule has 0 aliphatic carbocycles. The average Bonchev–Trinajstić information content (AvgIpc) is 2.98. The maximum absolute atomic E-state index is 12.8. The number of methoxy groups -OCH3 is 3. The Morgan fingerprint density at radius 3 is 2.49 bits per heavy atom. The third-order valence-corrected chi connectivity index (χ3v) is 7.64. The zero-order valence-corrected chi connectivity index (χ0v) is 23.9. The fraction of sp³-hybridized carbons (Fsp3) is 0.387. The van der Waals surface area contributed by atoms with Crippen molar-refractivity contribution in [3.05, 3.63) is 81.3 Å². The van der Waals surface area contributed by atoms with Crippen LogP contribution in [0, 0.1) is 5.92 Å². The quantitative estimate of drug-likeness (QED) is 0.298. The number of hydrazone groups is 1. The van der Waals surface area contributed by atoms with Crippen LogP contribution < -0.4 is 29.9 Å². The summed E-state index contributed by atoms with van der Waals surface area (Å²) in [6.45, 7) is 5.82. The minimum atomic E-state index is -0.411. The molecule has 2 bridgehead atoms. The van der Waals surface area contributed by atoms with Crippen LogP contribution in [-0.2, 0) is 13.1 Å². The zero-order chi connectivity index (χ0) is 28.9. The minimum Gasteiger partial charge on any atom is -0.494 e. The number of hydrogen-bond acceptors (Lipinski definition) is 8. The lowest BCUT2D eigenvalue weighted by molar-refractivity contribution is 0.0954. The first-order valence-electron chi connectivity index (χ1n) is 13.7. The number of ether oxygens (including phenoxy) is 4. The molecule has 0 spiro atoms. The first-order chi connectivity index (χ1) is 19.9. The summed E-state index contributed by atoms with van der Waals surface area (Å²) in [6, 6.07) is 14.6. The number of carbonyl (C=O) groups is 1. The van der Waals surface area contributed by atoms with Gasteiger partial charge in [-0.15, -0.1) is 0 Å². The van der Waals surface area contributed by atoms with Crippen LogP contribution in [0.15, 0.2) is 58.4 Å². The number of nitrogens with zero attached hydrogens (tertiary/aromatic N) is 3. The van der Waals surface area contributed by atoms with Crippen molar-refractivity contribution in [2.75, 3.05) is 41.0 Å². The second kappa shape index (κ2) is 12.5. The number of likely N-dealkylation sites (tertiary alicyclic amines) is 1. The molecule has 3 aromatic rings. The number of hydrogen-bond donors (Lipinski definition) is 1. The van der Waals surface area contributed by atoms with Crippen LogP contribution in [0.2, 0.25) is 0 Å². The van der Waals surface area contributed by atoms with Gasteiger partial charge >= 0.3 is 0 Å². The van der Waals surface area contributed by atoms with Crippen LogP contribution >= 0.6 is 0 Å².